The van der Waals surface area contributed by atoms with Crippen LogP contribution >= 0.6 is 0 Å². The van der Waals surface area contributed by atoms with Crippen molar-refractivity contribution >= 4 is 17.5 Å². The summed E-state index contributed by atoms with van der Waals surface area (Å²) in [6.07, 6.45) is 6.73. The zero-order chi connectivity index (χ0) is 14.5. The average molecular weight is 280 g/mol. The minimum atomic E-state index is -0.450. The van der Waals surface area contributed by atoms with Gasteiger partial charge in [-0.2, -0.15) is 4.98 Å². The first-order valence-corrected chi connectivity index (χ1v) is 6.88. The molecule has 1 aliphatic carbocycles. The van der Waals surface area contributed by atoms with Crippen molar-refractivity contribution in [1.29, 1.82) is 0 Å². The van der Waals surface area contributed by atoms with Gasteiger partial charge in [-0.25, -0.2) is 10.8 Å². The number of hydrazine groups is 1. The standard InChI is InChI=1S/C12H20N6O2/c1-8-10(18(19)20)11(16-12(14-8)17-13)15-9-6-4-2-3-5-7-9/h9H,2-7,13H2,1H3,(H2,14,15,16,17). The molecule has 8 heteroatoms. The van der Waals surface area contributed by atoms with Gasteiger partial charge in [0.1, 0.15) is 5.69 Å². The van der Waals surface area contributed by atoms with E-state index in [9.17, 15) is 10.1 Å². The lowest BCUT2D eigenvalue weighted by molar-refractivity contribution is -0.385. The monoisotopic (exact) mass is 280 g/mol. The molecule has 1 heterocycles. The maximum Gasteiger partial charge on any atom is 0.332 e. The Morgan fingerprint density at radius 3 is 2.45 bits per heavy atom. The molecular weight excluding hydrogens is 260 g/mol. The first kappa shape index (κ1) is 14.4. The van der Waals surface area contributed by atoms with Gasteiger partial charge in [-0.1, -0.05) is 25.7 Å². The van der Waals surface area contributed by atoms with E-state index in [1.807, 2.05) is 0 Å². The summed E-state index contributed by atoms with van der Waals surface area (Å²) >= 11 is 0. The molecule has 110 valence electrons. The lowest BCUT2D eigenvalue weighted by Gasteiger charge is -2.17. The zero-order valence-corrected chi connectivity index (χ0v) is 11.6. The van der Waals surface area contributed by atoms with Gasteiger partial charge in [0.15, 0.2) is 0 Å². The van der Waals surface area contributed by atoms with Crippen molar-refractivity contribution < 1.29 is 4.92 Å². The van der Waals surface area contributed by atoms with E-state index in [2.05, 4.69) is 20.7 Å². The molecule has 0 saturated heterocycles. The molecule has 0 radical (unpaired) electrons. The number of hydrogen-bond acceptors (Lipinski definition) is 7. The molecule has 0 spiro atoms. The maximum atomic E-state index is 11.2. The number of hydrogen-bond donors (Lipinski definition) is 3. The van der Waals surface area contributed by atoms with Gasteiger partial charge in [-0.3, -0.25) is 15.5 Å². The van der Waals surface area contributed by atoms with Gasteiger partial charge < -0.3 is 5.32 Å². The smallest absolute Gasteiger partial charge is 0.332 e. The normalized spacial score (nSPS) is 16.5. The fourth-order valence-corrected chi connectivity index (χ4v) is 2.57. The van der Waals surface area contributed by atoms with Crippen molar-refractivity contribution in [3.63, 3.8) is 0 Å². The fraction of sp³-hybridized carbons (Fsp3) is 0.667. The highest BCUT2D eigenvalue weighted by Gasteiger charge is 2.24. The molecule has 1 fully saturated rings. The fourth-order valence-electron chi connectivity index (χ4n) is 2.57. The molecule has 0 bridgehead atoms. The third-order valence-electron chi connectivity index (χ3n) is 3.57. The van der Waals surface area contributed by atoms with E-state index in [1.54, 1.807) is 6.92 Å². The van der Waals surface area contributed by atoms with E-state index < -0.39 is 4.92 Å². The van der Waals surface area contributed by atoms with Crippen molar-refractivity contribution in [2.75, 3.05) is 10.7 Å². The van der Waals surface area contributed by atoms with Crippen LogP contribution in [-0.4, -0.2) is 20.9 Å². The Bertz CT molecular complexity index is 485. The van der Waals surface area contributed by atoms with Crippen LogP contribution in [0.5, 0.6) is 0 Å². The van der Waals surface area contributed by atoms with E-state index >= 15 is 0 Å². The van der Waals surface area contributed by atoms with Crippen LogP contribution in [0, 0.1) is 17.0 Å². The van der Waals surface area contributed by atoms with Gasteiger partial charge in [0.2, 0.25) is 11.8 Å². The summed E-state index contributed by atoms with van der Waals surface area (Å²) in [5.74, 6) is 5.74. The van der Waals surface area contributed by atoms with Crippen LogP contribution < -0.4 is 16.6 Å². The molecule has 8 nitrogen and oxygen atoms in total. The Morgan fingerprint density at radius 1 is 1.25 bits per heavy atom. The summed E-state index contributed by atoms with van der Waals surface area (Å²) in [6.45, 7) is 1.58. The van der Waals surface area contributed by atoms with Crippen molar-refractivity contribution in [3.8, 4) is 0 Å². The number of aryl methyl sites for hydroxylation is 1. The van der Waals surface area contributed by atoms with Crippen LogP contribution in [0.25, 0.3) is 0 Å². The van der Waals surface area contributed by atoms with Crippen LogP contribution in [0.3, 0.4) is 0 Å². The topological polar surface area (TPSA) is 119 Å². The molecule has 0 aliphatic heterocycles. The van der Waals surface area contributed by atoms with Gasteiger partial charge >= 0.3 is 5.69 Å². The van der Waals surface area contributed by atoms with Crippen molar-refractivity contribution in [2.45, 2.75) is 51.5 Å². The summed E-state index contributed by atoms with van der Waals surface area (Å²) < 4.78 is 0. The molecule has 0 atom stereocenters. The quantitative estimate of drug-likeness (QED) is 0.334. The Kier molecular flexibility index (Phi) is 4.67. The maximum absolute atomic E-state index is 11.2. The number of anilines is 2. The number of aromatic nitrogens is 2. The largest absolute Gasteiger partial charge is 0.361 e. The van der Waals surface area contributed by atoms with Gasteiger partial charge in [0, 0.05) is 6.04 Å². The summed E-state index contributed by atoms with van der Waals surface area (Å²) in [4.78, 5) is 18.8. The van der Waals surface area contributed by atoms with E-state index in [4.69, 9.17) is 5.84 Å². The number of nitrogens with two attached hydrogens (primary N) is 1. The Hall–Kier alpha value is -1.96. The molecule has 4 N–H and O–H groups in total. The molecular formula is C12H20N6O2. The number of nitrogens with one attached hydrogen (secondary N) is 2. The van der Waals surface area contributed by atoms with E-state index in [-0.39, 0.29) is 23.5 Å². The second-order valence-corrected chi connectivity index (χ2v) is 5.06. The molecule has 1 aliphatic rings. The molecule has 2 rings (SSSR count). The van der Waals surface area contributed by atoms with Crippen molar-refractivity contribution in [1.82, 2.24) is 9.97 Å². The molecule has 1 aromatic heterocycles. The van der Waals surface area contributed by atoms with Crippen LogP contribution in [0.2, 0.25) is 0 Å². The molecule has 1 saturated carbocycles. The summed E-state index contributed by atoms with van der Waals surface area (Å²) in [7, 11) is 0. The number of nitro groups is 1. The van der Waals surface area contributed by atoms with Crippen molar-refractivity contribution in [2.24, 2.45) is 5.84 Å². The second kappa shape index (κ2) is 6.47. The number of nitrogen functional groups attached to an aromatic ring is 1. The Labute approximate surface area is 117 Å². The highest BCUT2D eigenvalue weighted by molar-refractivity contribution is 5.61. The lowest BCUT2D eigenvalue weighted by atomic mass is 10.1. The molecule has 0 unspecified atom stereocenters. The minimum Gasteiger partial charge on any atom is -0.361 e. The number of nitrogens with zero attached hydrogens (tertiary/aromatic N) is 3. The second-order valence-electron chi connectivity index (χ2n) is 5.06. The van der Waals surface area contributed by atoms with Gasteiger partial charge in [0.05, 0.1) is 4.92 Å². The molecule has 20 heavy (non-hydrogen) atoms. The average Bonchev–Trinajstić information content (AvgIpc) is 2.66. The van der Waals surface area contributed by atoms with Crippen LogP contribution in [-0.2, 0) is 0 Å². The third-order valence-corrected chi connectivity index (χ3v) is 3.57. The third kappa shape index (κ3) is 3.32. The van der Waals surface area contributed by atoms with Crippen LogP contribution in [0.1, 0.15) is 44.2 Å². The lowest BCUT2D eigenvalue weighted by Crippen LogP contribution is -2.22. The molecule has 0 aromatic carbocycles. The minimum absolute atomic E-state index is 0.0757. The summed E-state index contributed by atoms with van der Waals surface area (Å²) in [6, 6.07) is 0.219. The predicted molar refractivity (Wildman–Crippen MR) is 76.3 cm³/mol. The van der Waals surface area contributed by atoms with Gasteiger partial charge in [-0.05, 0) is 19.8 Å². The van der Waals surface area contributed by atoms with E-state index in [0.717, 1.165) is 25.7 Å². The van der Waals surface area contributed by atoms with E-state index in [0.29, 0.717) is 5.69 Å². The zero-order valence-electron chi connectivity index (χ0n) is 11.6. The first-order valence-electron chi connectivity index (χ1n) is 6.88. The first-order chi connectivity index (χ1) is 9.61. The summed E-state index contributed by atoms with van der Waals surface area (Å²) in [5, 5.41) is 14.4. The highest BCUT2D eigenvalue weighted by Crippen LogP contribution is 2.29. The highest BCUT2D eigenvalue weighted by atomic mass is 16.6. The van der Waals surface area contributed by atoms with Crippen molar-refractivity contribution in [3.05, 3.63) is 15.8 Å². The van der Waals surface area contributed by atoms with Crippen LogP contribution in [0.4, 0.5) is 17.5 Å². The SMILES string of the molecule is Cc1nc(NN)nc(NC2CCCCCC2)c1[N+](=O)[O-]. The Morgan fingerprint density at radius 2 is 1.90 bits per heavy atom. The molecule has 0 amide bonds. The Balaban J connectivity index is 2.27. The molecule has 1 aromatic rings. The summed E-state index contributed by atoms with van der Waals surface area (Å²) in [5.41, 5.74) is 2.56. The van der Waals surface area contributed by atoms with Crippen LogP contribution in [0.15, 0.2) is 0 Å². The number of rotatable bonds is 4. The van der Waals surface area contributed by atoms with E-state index in [1.165, 1.54) is 12.8 Å². The van der Waals surface area contributed by atoms with Gasteiger partial charge in [-0.15, -0.1) is 0 Å². The predicted octanol–water partition coefficient (Wildman–Crippen LogP) is 2.11. The van der Waals surface area contributed by atoms with Gasteiger partial charge in [0.25, 0.3) is 0 Å².